The molecule has 5 nitrogen and oxygen atoms in total. The molecule has 0 aromatic carbocycles. The maximum absolute atomic E-state index is 8.94. The average Bonchev–Trinajstić information content (AvgIpc) is 1.35. The van der Waals surface area contributed by atoms with Gasteiger partial charge in [-0.25, -0.2) is 0 Å². The largest absolute Gasteiger partial charge is 1.00 e. The molecule has 0 saturated carbocycles. The molecule has 0 aromatic heterocycles. The molecular weight excluding hydrogens is 180 g/mol. The van der Waals surface area contributed by atoms with Crippen LogP contribution in [0.3, 0.4) is 0 Å². The van der Waals surface area contributed by atoms with Gasteiger partial charge in [0.2, 0.25) is 0 Å². The van der Waals surface area contributed by atoms with Crippen LogP contribution in [-0.4, -0.2) is 0 Å². The fourth-order valence-corrected chi connectivity index (χ4v) is 0. The number of rotatable bonds is 1. The van der Waals surface area contributed by atoms with Gasteiger partial charge in [-0.1, -0.05) is 0 Å². The van der Waals surface area contributed by atoms with Gasteiger partial charge in [0.05, 0.1) is 0 Å². The molecule has 0 heterocycles. The molecule has 0 radical (unpaired) electrons. The molecule has 38 valence electrons. The average molecular weight is 180 g/mol. The van der Waals surface area contributed by atoms with Gasteiger partial charge in [0.15, 0.2) is 0 Å². The zero-order valence-corrected chi connectivity index (χ0v) is 12.4. The molecular formula is Na3O5P. The third-order valence-corrected chi connectivity index (χ3v) is 0.274. The summed E-state index contributed by atoms with van der Waals surface area (Å²) in [6, 6.07) is 0. The molecule has 0 fully saturated rings. The van der Waals surface area contributed by atoms with Crippen molar-refractivity contribution >= 4 is 7.82 Å². The summed E-state index contributed by atoms with van der Waals surface area (Å²) in [6.07, 6.45) is 0. The van der Waals surface area contributed by atoms with E-state index in [0.717, 1.165) is 0 Å². The van der Waals surface area contributed by atoms with Crippen LogP contribution >= 0.6 is 7.82 Å². The fourth-order valence-electron chi connectivity index (χ4n) is 0. The summed E-state index contributed by atoms with van der Waals surface area (Å²) in [7, 11) is -5.20. The predicted octanol–water partition coefficient (Wildman–Crippen LogP) is -11.9. The number of phosphoric acid groups is 1. The van der Waals surface area contributed by atoms with Crippen LogP contribution in [0.5, 0.6) is 0 Å². The van der Waals surface area contributed by atoms with E-state index in [2.05, 4.69) is 4.67 Å². The minimum atomic E-state index is -5.20. The Morgan fingerprint density at radius 1 is 1.11 bits per heavy atom. The van der Waals surface area contributed by atoms with Crippen molar-refractivity contribution in [2.45, 2.75) is 0 Å². The van der Waals surface area contributed by atoms with Crippen molar-refractivity contribution in [3.63, 3.8) is 0 Å². The van der Waals surface area contributed by atoms with E-state index in [9.17, 15) is 0 Å². The topological polar surface area (TPSA) is 95.5 Å². The number of hydrogen-bond acceptors (Lipinski definition) is 5. The summed E-state index contributed by atoms with van der Waals surface area (Å²) in [5.41, 5.74) is 0. The van der Waals surface area contributed by atoms with E-state index in [0.29, 0.717) is 0 Å². The van der Waals surface area contributed by atoms with Crippen molar-refractivity contribution in [3.05, 3.63) is 0 Å². The Balaban J connectivity index is -0.0000000417. The Kier molecular flexibility index (Phi) is 27.9. The summed E-state index contributed by atoms with van der Waals surface area (Å²) >= 11 is 0. The minimum Gasteiger partial charge on any atom is -0.790 e. The van der Waals surface area contributed by atoms with Crippen molar-refractivity contribution in [2.75, 3.05) is 0 Å². The molecule has 9 heavy (non-hydrogen) atoms. The van der Waals surface area contributed by atoms with E-state index < -0.39 is 7.82 Å². The molecule has 0 aromatic rings. The molecule has 0 N–H and O–H groups in total. The van der Waals surface area contributed by atoms with Gasteiger partial charge in [-0.05, 0) is 0 Å². The molecule has 0 atom stereocenters. The number of hydrogen-bond donors (Lipinski definition) is 0. The van der Waals surface area contributed by atoms with Gasteiger partial charge < -0.3 is 24.3 Å². The third kappa shape index (κ3) is 24.7. The molecule has 0 bridgehead atoms. The van der Waals surface area contributed by atoms with Crippen LogP contribution in [-0.2, 0) is 9.24 Å². The minimum absolute atomic E-state index is 0. The van der Waals surface area contributed by atoms with Crippen LogP contribution in [0.15, 0.2) is 0 Å². The van der Waals surface area contributed by atoms with E-state index in [-0.39, 0.29) is 88.7 Å². The summed E-state index contributed by atoms with van der Waals surface area (Å²) < 4.78 is 11.1. The quantitative estimate of drug-likeness (QED) is 0.173. The summed E-state index contributed by atoms with van der Waals surface area (Å²) in [4.78, 5) is 17.9. The molecule has 0 spiro atoms. The van der Waals surface area contributed by atoms with Crippen LogP contribution in [0.2, 0.25) is 0 Å². The molecule has 0 amide bonds. The van der Waals surface area contributed by atoms with Crippen molar-refractivity contribution in [2.24, 2.45) is 0 Å². The third-order valence-electron chi connectivity index (χ3n) is 0.0913. The maximum atomic E-state index is 8.94. The maximum Gasteiger partial charge on any atom is 1.00 e. The second kappa shape index (κ2) is 11.1. The molecule has 0 rings (SSSR count). The van der Waals surface area contributed by atoms with Crippen LogP contribution in [0, 0.1) is 0 Å². The zero-order valence-electron chi connectivity index (χ0n) is 5.49. The van der Waals surface area contributed by atoms with Gasteiger partial charge >= 0.3 is 88.7 Å². The first-order valence-electron chi connectivity index (χ1n) is 0.897. The van der Waals surface area contributed by atoms with Crippen LogP contribution < -0.4 is 104 Å². The summed E-state index contributed by atoms with van der Waals surface area (Å²) in [6.45, 7) is 0. The smallest absolute Gasteiger partial charge is 0.790 e. The summed E-state index contributed by atoms with van der Waals surface area (Å²) in [5, 5.41) is 8.56. The van der Waals surface area contributed by atoms with Gasteiger partial charge in [0.25, 0.3) is 0 Å². The van der Waals surface area contributed by atoms with Crippen LogP contribution in [0.1, 0.15) is 0 Å². The normalized spacial score (nSPS) is 7.89. The Labute approximate surface area is 119 Å². The standard InChI is InChI=1S/3Na.H3O5P/c;;;1-5-6(2,3)4/h;;;1H,(H2,2,3,4)/q3*+1;/p-3. The van der Waals surface area contributed by atoms with Crippen molar-refractivity contribution in [3.8, 4) is 0 Å². The van der Waals surface area contributed by atoms with Crippen molar-refractivity contribution in [1.82, 2.24) is 0 Å². The molecule has 0 aliphatic heterocycles. The second-order valence-electron chi connectivity index (χ2n) is 0.522. The first-order chi connectivity index (χ1) is 2.56. The van der Waals surface area contributed by atoms with E-state index in [1.54, 1.807) is 0 Å². The zero-order chi connectivity index (χ0) is 5.21. The van der Waals surface area contributed by atoms with Crippen molar-refractivity contribution < 1.29 is 113 Å². The van der Waals surface area contributed by atoms with E-state index in [1.807, 2.05) is 0 Å². The molecule has 0 unspecified atom stereocenters. The van der Waals surface area contributed by atoms with Gasteiger partial charge in [0.1, 0.15) is 0 Å². The van der Waals surface area contributed by atoms with Crippen LogP contribution in [0.25, 0.3) is 0 Å². The molecule has 9 heteroatoms. The van der Waals surface area contributed by atoms with Gasteiger partial charge in [0, 0.05) is 7.82 Å². The van der Waals surface area contributed by atoms with Crippen LogP contribution in [0.4, 0.5) is 0 Å². The first-order valence-corrected chi connectivity index (χ1v) is 2.36. The van der Waals surface area contributed by atoms with Gasteiger partial charge in [-0.3, -0.25) is 0 Å². The fraction of sp³-hybridized carbons (Fsp3) is 0. The monoisotopic (exact) mass is 180 g/mol. The predicted molar refractivity (Wildman–Crippen MR) is 8.69 cm³/mol. The Bertz CT molecular complexity index is 76.3. The molecule has 0 aliphatic rings. The Morgan fingerprint density at radius 2 is 1.22 bits per heavy atom. The SMILES string of the molecule is O=P([O-])([O-])O[O-].[Na+].[Na+].[Na+]. The molecule has 0 aliphatic carbocycles. The first kappa shape index (κ1) is 22.7. The molecule has 0 saturated heterocycles. The van der Waals surface area contributed by atoms with E-state index in [1.165, 1.54) is 0 Å². The second-order valence-corrected chi connectivity index (χ2v) is 1.57. The van der Waals surface area contributed by atoms with Gasteiger partial charge in [-0.15, -0.1) is 0 Å². The van der Waals surface area contributed by atoms with Crippen molar-refractivity contribution in [1.29, 1.82) is 0 Å². The summed E-state index contributed by atoms with van der Waals surface area (Å²) in [5.74, 6) is 0. The Hall–Kier alpha value is 3.07. The van der Waals surface area contributed by atoms with E-state index in [4.69, 9.17) is 19.6 Å². The van der Waals surface area contributed by atoms with Gasteiger partial charge in [-0.2, -0.15) is 0 Å². The van der Waals surface area contributed by atoms with E-state index >= 15 is 0 Å². The Morgan fingerprint density at radius 3 is 1.22 bits per heavy atom.